The maximum atomic E-state index is 12.9. The molecule has 1 aliphatic heterocycles. The van der Waals surface area contributed by atoms with E-state index >= 15 is 0 Å². The molecular weight excluding hydrogens is 281 g/mol. The fraction of sp³-hybridized carbons (Fsp3) is 0.611. The predicted molar refractivity (Wildman–Crippen MR) is 83.4 cm³/mol. The lowest BCUT2D eigenvalue weighted by Crippen LogP contribution is -2.56. The van der Waals surface area contributed by atoms with Gasteiger partial charge >= 0.3 is 0 Å². The van der Waals surface area contributed by atoms with E-state index in [9.17, 15) is 9.18 Å². The molecule has 2 aliphatic rings. The Morgan fingerprint density at radius 1 is 1.41 bits per heavy atom. The number of amides is 1. The number of halogens is 1. The van der Waals surface area contributed by atoms with Gasteiger partial charge in [-0.2, -0.15) is 0 Å². The van der Waals surface area contributed by atoms with Crippen molar-refractivity contribution in [3.8, 4) is 5.75 Å². The molecule has 0 aromatic heterocycles. The summed E-state index contributed by atoms with van der Waals surface area (Å²) in [5.41, 5.74) is 1.63. The molecule has 4 heteroatoms. The molecule has 0 bridgehead atoms. The van der Waals surface area contributed by atoms with Gasteiger partial charge in [-0.15, -0.1) is 0 Å². The van der Waals surface area contributed by atoms with Gasteiger partial charge in [-0.1, -0.05) is 12.1 Å². The Morgan fingerprint density at radius 2 is 2.14 bits per heavy atom. The van der Waals surface area contributed by atoms with E-state index in [0.29, 0.717) is 17.1 Å². The second-order valence-corrected chi connectivity index (χ2v) is 6.97. The Bertz CT molecular complexity index is 516. The minimum Gasteiger partial charge on any atom is -0.461 e. The molecular formula is C18H24FNO2. The van der Waals surface area contributed by atoms with Crippen LogP contribution in [0.1, 0.15) is 38.2 Å². The van der Waals surface area contributed by atoms with Crippen molar-refractivity contribution in [1.29, 1.82) is 0 Å². The van der Waals surface area contributed by atoms with Crippen molar-refractivity contribution in [3.63, 3.8) is 0 Å². The molecule has 1 aromatic carbocycles. The normalized spacial score (nSPS) is 22.2. The fourth-order valence-corrected chi connectivity index (χ4v) is 3.97. The molecule has 1 spiro atoms. The summed E-state index contributed by atoms with van der Waals surface area (Å²) in [5, 5.41) is 0. The van der Waals surface area contributed by atoms with Crippen LogP contribution in [-0.4, -0.2) is 30.8 Å². The Balaban J connectivity index is 1.51. The number of likely N-dealkylation sites (tertiary alicyclic amines) is 1. The summed E-state index contributed by atoms with van der Waals surface area (Å²) in [6.45, 7) is 3.29. The van der Waals surface area contributed by atoms with Crippen molar-refractivity contribution in [3.05, 3.63) is 29.8 Å². The Labute approximate surface area is 131 Å². The summed E-state index contributed by atoms with van der Waals surface area (Å²) in [6, 6.07) is 7.79. The summed E-state index contributed by atoms with van der Waals surface area (Å²) in [6.07, 6.45) is 5.61. The van der Waals surface area contributed by atoms with Crippen molar-refractivity contribution in [1.82, 2.24) is 4.90 Å². The minimum absolute atomic E-state index is 0.409. The van der Waals surface area contributed by atoms with Gasteiger partial charge in [0, 0.05) is 25.4 Å². The molecule has 1 saturated heterocycles. The molecule has 2 fully saturated rings. The van der Waals surface area contributed by atoms with Crippen molar-refractivity contribution < 1.29 is 13.9 Å². The molecule has 0 N–H and O–H groups in total. The lowest BCUT2D eigenvalue weighted by Gasteiger charge is -2.52. The Morgan fingerprint density at radius 3 is 2.77 bits per heavy atom. The van der Waals surface area contributed by atoms with E-state index in [4.69, 9.17) is 4.74 Å². The zero-order valence-electron chi connectivity index (χ0n) is 13.1. The number of rotatable bonds is 5. The molecule has 1 saturated carbocycles. The van der Waals surface area contributed by atoms with E-state index < -0.39 is 6.36 Å². The van der Waals surface area contributed by atoms with E-state index in [1.54, 1.807) is 6.07 Å². The van der Waals surface area contributed by atoms with Gasteiger partial charge in [0.15, 0.2) is 0 Å². The summed E-state index contributed by atoms with van der Waals surface area (Å²) in [7, 11) is 0. The van der Waals surface area contributed by atoms with E-state index in [1.165, 1.54) is 38.2 Å². The van der Waals surface area contributed by atoms with Crippen molar-refractivity contribution in [2.24, 2.45) is 11.3 Å². The number of carbonyl (C=O) groups excluding carboxylic acids is 1. The van der Waals surface area contributed by atoms with Gasteiger partial charge in [-0.25, -0.2) is 4.39 Å². The minimum atomic E-state index is -1.27. The molecule has 0 radical (unpaired) electrons. The van der Waals surface area contributed by atoms with Crippen LogP contribution in [0.5, 0.6) is 5.75 Å². The number of ether oxygens (including phenoxy) is 1. The quantitative estimate of drug-likeness (QED) is 0.778. The summed E-state index contributed by atoms with van der Waals surface area (Å²) in [5.74, 6) is 1.30. The van der Waals surface area contributed by atoms with Crippen LogP contribution >= 0.6 is 0 Å². The first-order valence-corrected chi connectivity index (χ1v) is 8.18. The highest BCUT2D eigenvalue weighted by molar-refractivity contribution is 5.49. The third kappa shape index (κ3) is 3.42. The average molecular weight is 305 g/mol. The highest BCUT2D eigenvalue weighted by atomic mass is 19.1. The fourth-order valence-electron chi connectivity index (χ4n) is 3.97. The van der Waals surface area contributed by atoms with Gasteiger partial charge in [0.2, 0.25) is 12.8 Å². The summed E-state index contributed by atoms with van der Waals surface area (Å²) in [4.78, 5) is 12.6. The molecule has 1 aliphatic carbocycles. The first-order valence-electron chi connectivity index (χ1n) is 8.18. The molecule has 1 unspecified atom stereocenters. The molecule has 1 heterocycles. The van der Waals surface area contributed by atoms with Gasteiger partial charge in [-0.3, -0.25) is 4.79 Å². The van der Waals surface area contributed by atoms with E-state index in [1.807, 2.05) is 17.0 Å². The first-order chi connectivity index (χ1) is 10.6. The third-order valence-corrected chi connectivity index (χ3v) is 5.11. The number of benzene rings is 1. The molecule has 120 valence electrons. The van der Waals surface area contributed by atoms with Crippen LogP contribution in [0.2, 0.25) is 0 Å². The second-order valence-electron chi connectivity index (χ2n) is 6.97. The monoisotopic (exact) mass is 305 g/mol. The van der Waals surface area contributed by atoms with Crippen molar-refractivity contribution >= 4 is 6.41 Å². The first kappa shape index (κ1) is 15.3. The predicted octanol–water partition coefficient (Wildman–Crippen LogP) is 3.57. The van der Waals surface area contributed by atoms with Crippen LogP contribution in [0, 0.1) is 11.3 Å². The van der Waals surface area contributed by atoms with Gasteiger partial charge in [0.1, 0.15) is 5.75 Å². The van der Waals surface area contributed by atoms with Crippen molar-refractivity contribution in [2.45, 2.75) is 45.4 Å². The van der Waals surface area contributed by atoms with Gasteiger partial charge in [-0.05, 0) is 55.7 Å². The number of nitrogens with zero attached hydrogens (tertiary/aromatic N) is 1. The molecule has 1 aromatic rings. The largest absolute Gasteiger partial charge is 0.461 e. The zero-order chi connectivity index (χ0) is 15.6. The molecule has 1 amide bonds. The highest BCUT2D eigenvalue weighted by Gasteiger charge is 2.44. The smallest absolute Gasteiger partial charge is 0.235 e. The van der Waals surface area contributed by atoms with Gasteiger partial charge in [0.25, 0.3) is 0 Å². The lowest BCUT2D eigenvalue weighted by molar-refractivity contribution is -0.132. The average Bonchev–Trinajstić information content (AvgIpc) is 2.45. The SMILES string of the molecule is CC(F)Oc1cccc(CC2CCC3(CC2)CN(C=O)C3)c1. The van der Waals surface area contributed by atoms with Crippen LogP contribution in [-0.2, 0) is 11.2 Å². The summed E-state index contributed by atoms with van der Waals surface area (Å²) >= 11 is 0. The van der Waals surface area contributed by atoms with Crippen LogP contribution in [0.3, 0.4) is 0 Å². The van der Waals surface area contributed by atoms with E-state index in [0.717, 1.165) is 25.9 Å². The zero-order valence-corrected chi connectivity index (χ0v) is 13.1. The maximum absolute atomic E-state index is 12.9. The molecule has 22 heavy (non-hydrogen) atoms. The maximum Gasteiger partial charge on any atom is 0.235 e. The topological polar surface area (TPSA) is 29.5 Å². The van der Waals surface area contributed by atoms with Crippen LogP contribution in [0.15, 0.2) is 24.3 Å². The third-order valence-electron chi connectivity index (χ3n) is 5.11. The molecule has 1 atom stereocenters. The Hall–Kier alpha value is -1.58. The Kier molecular flexibility index (Phi) is 4.37. The van der Waals surface area contributed by atoms with Crippen LogP contribution in [0.25, 0.3) is 0 Å². The standard InChI is InChI=1S/C18H24FNO2/c1-14(19)22-17-4-2-3-16(10-17)9-15-5-7-18(8-6-15)11-20(12-18)13-21/h2-4,10,13-15H,5-9,11-12H2,1H3. The van der Waals surface area contributed by atoms with E-state index in [2.05, 4.69) is 6.07 Å². The van der Waals surface area contributed by atoms with Crippen LogP contribution in [0.4, 0.5) is 4.39 Å². The highest BCUT2D eigenvalue weighted by Crippen LogP contribution is 2.45. The van der Waals surface area contributed by atoms with Crippen LogP contribution < -0.4 is 4.74 Å². The van der Waals surface area contributed by atoms with E-state index in [-0.39, 0.29) is 0 Å². The molecule has 3 nitrogen and oxygen atoms in total. The number of hydrogen-bond donors (Lipinski definition) is 0. The number of alkyl halides is 1. The number of carbonyl (C=O) groups is 1. The van der Waals surface area contributed by atoms with Gasteiger partial charge in [0.05, 0.1) is 0 Å². The second kappa shape index (κ2) is 6.27. The van der Waals surface area contributed by atoms with Gasteiger partial charge < -0.3 is 9.64 Å². The molecule has 3 rings (SSSR count). The van der Waals surface area contributed by atoms with Crippen molar-refractivity contribution in [2.75, 3.05) is 13.1 Å². The lowest BCUT2D eigenvalue weighted by atomic mass is 9.65. The number of hydrogen-bond acceptors (Lipinski definition) is 2. The summed E-state index contributed by atoms with van der Waals surface area (Å²) < 4.78 is 18.0.